The Morgan fingerprint density at radius 1 is 1.33 bits per heavy atom. The molecule has 21 heavy (non-hydrogen) atoms. The van der Waals surface area contributed by atoms with Crippen molar-refractivity contribution in [2.24, 2.45) is 5.84 Å². The number of hydrogen-bond acceptors (Lipinski definition) is 4. The number of halogens is 1. The molecule has 0 aliphatic heterocycles. The number of hydrazine groups is 1. The predicted molar refractivity (Wildman–Crippen MR) is 81.9 cm³/mol. The fraction of sp³-hybridized carbons (Fsp3) is 0.400. The monoisotopic (exact) mass is 291 g/mol. The molecule has 1 aromatic carbocycles. The first kappa shape index (κ1) is 15.5. The Labute approximate surface area is 124 Å². The number of nitrogens with one attached hydrogen (secondary N) is 1. The molecule has 1 unspecified atom stereocenters. The lowest BCUT2D eigenvalue weighted by atomic mass is 10.0. The number of hydrogen-bond donors (Lipinski definition) is 3. The van der Waals surface area contributed by atoms with Gasteiger partial charge in [0.1, 0.15) is 5.82 Å². The third-order valence-corrected chi connectivity index (χ3v) is 3.61. The molecule has 5 N–H and O–H groups in total. The van der Waals surface area contributed by atoms with Gasteiger partial charge < -0.3 is 5.73 Å². The van der Waals surface area contributed by atoms with Crippen LogP contribution >= 0.6 is 0 Å². The topological polar surface area (TPSA) is 81.9 Å². The molecule has 0 saturated heterocycles. The zero-order valence-corrected chi connectivity index (χ0v) is 12.4. The normalized spacial score (nSPS) is 12.6. The Balaban J connectivity index is 2.30. The average Bonchev–Trinajstić information content (AvgIpc) is 2.89. The van der Waals surface area contributed by atoms with E-state index in [-0.39, 0.29) is 11.9 Å². The first-order chi connectivity index (χ1) is 10.1. The zero-order chi connectivity index (χ0) is 15.4. The van der Waals surface area contributed by atoms with E-state index >= 15 is 0 Å². The molecular weight excluding hydrogens is 269 g/mol. The van der Waals surface area contributed by atoms with E-state index < -0.39 is 0 Å². The Morgan fingerprint density at radius 3 is 2.71 bits per heavy atom. The summed E-state index contributed by atoms with van der Waals surface area (Å²) in [5, 5.41) is 4.51. The van der Waals surface area contributed by atoms with Crippen molar-refractivity contribution in [2.45, 2.75) is 39.3 Å². The molecule has 5 nitrogen and oxygen atoms in total. The molecule has 1 heterocycles. The highest BCUT2D eigenvalue weighted by atomic mass is 19.1. The van der Waals surface area contributed by atoms with E-state index in [1.54, 1.807) is 6.07 Å². The molecule has 0 saturated carbocycles. The van der Waals surface area contributed by atoms with Gasteiger partial charge in [-0.15, -0.1) is 0 Å². The van der Waals surface area contributed by atoms with Crippen LogP contribution in [0, 0.1) is 5.82 Å². The molecule has 1 atom stereocenters. The van der Waals surface area contributed by atoms with Gasteiger partial charge in [-0.1, -0.05) is 6.92 Å². The van der Waals surface area contributed by atoms with Crippen LogP contribution in [0.25, 0.3) is 0 Å². The van der Waals surface area contributed by atoms with Crippen molar-refractivity contribution >= 4 is 5.69 Å². The van der Waals surface area contributed by atoms with Crippen LogP contribution in [0.2, 0.25) is 0 Å². The average molecular weight is 291 g/mol. The van der Waals surface area contributed by atoms with Crippen molar-refractivity contribution < 1.29 is 4.39 Å². The minimum atomic E-state index is -0.322. The van der Waals surface area contributed by atoms with Crippen LogP contribution in [0.3, 0.4) is 0 Å². The Morgan fingerprint density at radius 2 is 2.10 bits per heavy atom. The maximum Gasteiger partial charge on any atom is 0.123 e. The Bertz CT molecular complexity index is 608. The summed E-state index contributed by atoms with van der Waals surface area (Å²) in [7, 11) is 0. The van der Waals surface area contributed by atoms with Gasteiger partial charge >= 0.3 is 0 Å². The van der Waals surface area contributed by atoms with Crippen LogP contribution in [0.1, 0.15) is 36.8 Å². The minimum Gasteiger partial charge on any atom is -0.398 e. The summed E-state index contributed by atoms with van der Waals surface area (Å²) in [5.74, 6) is 5.32. The number of nitrogens with zero attached hydrogens (tertiary/aromatic N) is 2. The number of nitrogens with two attached hydrogens (primary N) is 2. The summed E-state index contributed by atoms with van der Waals surface area (Å²) in [4.78, 5) is 0. The van der Waals surface area contributed by atoms with Gasteiger partial charge in [-0.25, -0.2) is 4.39 Å². The molecule has 114 valence electrons. The summed E-state index contributed by atoms with van der Waals surface area (Å²) >= 11 is 0. The Kier molecular flexibility index (Phi) is 4.93. The third kappa shape index (κ3) is 3.40. The molecule has 0 bridgehead atoms. The van der Waals surface area contributed by atoms with Crippen LogP contribution in [0.4, 0.5) is 10.1 Å². The van der Waals surface area contributed by atoms with Crippen LogP contribution in [0.15, 0.2) is 24.3 Å². The highest BCUT2D eigenvalue weighted by molar-refractivity contribution is 5.48. The smallest absolute Gasteiger partial charge is 0.123 e. The standard InChI is InChI=1S/C15H22FN5/c1-3-11-8-12(21(4-2)20-11)9-15(19-18)13-7-10(16)5-6-14(13)17/h5-8,15,19H,3-4,9,17-18H2,1-2H3. The van der Waals surface area contributed by atoms with Crippen molar-refractivity contribution in [1.29, 1.82) is 0 Å². The second-order valence-electron chi connectivity index (χ2n) is 4.99. The molecule has 0 amide bonds. The molecule has 0 spiro atoms. The Hall–Kier alpha value is -1.92. The molecule has 0 radical (unpaired) electrons. The van der Waals surface area contributed by atoms with Crippen LogP contribution in [0.5, 0.6) is 0 Å². The second kappa shape index (κ2) is 6.69. The maximum absolute atomic E-state index is 13.4. The molecule has 0 fully saturated rings. The number of benzene rings is 1. The van der Waals surface area contributed by atoms with E-state index in [4.69, 9.17) is 11.6 Å². The van der Waals surface area contributed by atoms with E-state index in [1.807, 2.05) is 11.6 Å². The van der Waals surface area contributed by atoms with E-state index in [2.05, 4.69) is 23.5 Å². The summed E-state index contributed by atoms with van der Waals surface area (Å²) < 4.78 is 15.4. The quantitative estimate of drug-likeness (QED) is 0.431. The zero-order valence-electron chi connectivity index (χ0n) is 12.4. The van der Waals surface area contributed by atoms with Gasteiger partial charge in [-0.2, -0.15) is 5.10 Å². The fourth-order valence-electron chi connectivity index (χ4n) is 2.44. The lowest BCUT2D eigenvalue weighted by Crippen LogP contribution is -2.31. The number of aromatic nitrogens is 2. The summed E-state index contributed by atoms with van der Waals surface area (Å²) in [6.45, 7) is 4.89. The largest absolute Gasteiger partial charge is 0.398 e. The van der Waals surface area contributed by atoms with Crippen LogP contribution < -0.4 is 17.0 Å². The molecular formula is C15H22FN5. The number of rotatable bonds is 6. The lowest BCUT2D eigenvalue weighted by Gasteiger charge is -2.18. The minimum absolute atomic E-state index is 0.257. The van der Waals surface area contributed by atoms with Crippen molar-refractivity contribution in [3.05, 3.63) is 47.0 Å². The van der Waals surface area contributed by atoms with Crippen LogP contribution in [-0.2, 0) is 19.4 Å². The predicted octanol–water partition coefficient (Wildman–Crippen LogP) is 1.93. The lowest BCUT2D eigenvalue weighted by molar-refractivity contribution is 0.514. The van der Waals surface area contributed by atoms with Crippen molar-refractivity contribution in [3.8, 4) is 0 Å². The number of nitrogen functional groups attached to an aromatic ring is 1. The van der Waals surface area contributed by atoms with E-state index in [1.165, 1.54) is 12.1 Å². The summed E-state index contributed by atoms with van der Waals surface area (Å²) in [5.41, 5.74) is 11.9. The van der Waals surface area contributed by atoms with Crippen molar-refractivity contribution in [2.75, 3.05) is 5.73 Å². The molecule has 2 aromatic rings. The highest BCUT2D eigenvalue weighted by Gasteiger charge is 2.17. The SMILES string of the molecule is CCc1cc(CC(NN)c2cc(F)ccc2N)n(CC)n1. The van der Waals surface area contributed by atoms with Gasteiger partial charge in [0.2, 0.25) is 0 Å². The highest BCUT2D eigenvalue weighted by Crippen LogP contribution is 2.24. The van der Waals surface area contributed by atoms with Gasteiger partial charge in [0.05, 0.1) is 11.7 Å². The summed E-state index contributed by atoms with van der Waals surface area (Å²) in [6.07, 6.45) is 1.48. The summed E-state index contributed by atoms with van der Waals surface area (Å²) in [6, 6.07) is 6.13. The molecule has 1 aromatic heterocycles. The second-order valence-corrected chi connectivity index (χ2v) is 4.99. The molecule has 2 rings (SSSR count). The van der Waals surface area contributed by atoms with Gasteiger partial charge in [0.25, 0.3) is 0 Å². The molecule has 0 aliphatic carbocycles. The molecule has 6 heteroatoms. The van der Waals surface area contributed by atoms with Crippen molar-refractivity contribution in [3.63, 3.8) is 0 Å². The first-order valence-electron chi connectivity index (χ1n) is 7.15. The van der Waals surface area contributed by atoms with E-state index in [0.29, 0.717) is 17.7 Å². The van der Waals surface area contributed by atoms with Gasteiger partial charge in [0, 0.05) is 24.3 Å². The number of anilines is 1. The van der Waals surface area contributed by atoms with Crippen molar-refractivity contribution in [1.82, 2.24) is 15.2 Å². The van der Waals surface area contributed by atoms with Gasteiger partial charge in [0.15, 0.2) is 0 Å². The maximum atomic E-state index is 13.4. The van der Waals surface area contributed by atoms with Gasteiger partial charge in [-0.05, 0) is 43.2 Å². The van der Waals surface area contributed by atoms with Gasteiger partial charge in [-0.3, -0.25) is 16.0 Å². The van der Waals surface area contributed by atoms with E-state index in [9.17, 15) is 4.39 Å². The molecule has 0 aliphatic rings. The fourth-order valence-corrected chi connectivity index (χ4v) is 2.44. The van der Waals surface area contributed by atoms with Crippen LogP contribution in [-0.4, -0.2) is 9.78 Å². The number of aryl methyl sites for hydroxylation is 2. The van der Waals surface area contributed by atoms with E-state index in [0.717, 1.165) is 24.4 Å². The first-order valence-corrected chi connectivity index (χ1v) is 7.15. The third-order valence-electron chi connectivity index (χ3n) is 3.61.